The molecule has 2 unspecified atom stereocenters. The molecule has 0 saturated heterocycles. The summed E-state index contributed by atoms with van der Waals surface area (Å²) in [5, 5.41) is 3.80. The van der Waals surface area contributed by atoms with Gasteiger partial charge in [0.2, 0.25) is 0 Å². The molecule has 21 heavy (non-hydrogen) atoms. The minimum Gasteiger partial charge on any atom is -0.344 e. The molecular formula is C17H15BrClNO. The van der Waals surface area contributed by atoms with E-state index in [-0.39, 0.29) is 16.8 Å². The Morgan fingerprint density at radius 3 is 2.81 bits per heavy atom. The third-order valence-electron chi connectivity index (χ3n) is 3.87. The minimum absolute atomic E-state index is 0.00434. The topological polar surface area (TPSA) is 29.1 Å². The smallest absolute Gasteiger partial charge is 0.251 e. The van der Waals surface area contributed by atoms with Crippen molar-refractivity contribution in [1.82, 2.24) is 5.32 Å². The molecule has 2 atom stereocenters. The molecule has 1 aliphatic carbocycles. The molecule has 0 saturated carbocycles. The monoisotopic (exact) mass is 363 g/mol. The maximum absolute atomic E-state index is 12.4. The van der Waals surface area contributed by atoms with Gasteiger partial charge in [0.25, 0.3) is 5.91 Å². The standard InChI is InChI=1S/C17H15BrClNO/c1-10-8-12(6-7-15(10)19)17(21)20-16-13-5-3-2-4-11(13)9-14(16)18/h2-8,14,16H,9H2,1H3,(H,20,21). The predicted octanol–water partition coefficient (Wildman–Crippen LogP) is 4.44. The summed E-state index contributed by atoms with van der Waals surface area (Å²) in [4.78, 5) is 12.7. The molecule has 0 aliphatic heterocycles. The summed E-state index contributed by atoms with van der Waals surface area (Å²) >= 11 is 9.68. The molecule has 0 radical (unpaired) electrons. The van der Waals surface area contributed by atoms with E-state index in [4.69, 9.17) is 11.6 Å². The number of aryl methyl sites for hydroxylation is 1. The zero-order valence-corrected chi connectivity index (χ0v) is 13.9. The molecule has 1 N–H and O–H groups in total. The van der Waals surface area contributed by atoms with Gasteiger partial charge in [-0.15, -0.1) is 0 Å². The van der Waals surface area contributed by atoms with Crippen LogP contribution in [-0.4, -0.2) is 10.7 Å². The lowest BCUT2D eigenvalue weighted by molar-refractivity contribution is 0.0938. The summed E-state index contributed by atoms with van der Waals surface area (Å²) in [6.45, 7) is 1.90. The van der Waals surface area contributed by atoms with E-state index in [0.717, 1.165) is 12.0 Å². The van der Waals surface area contributed by atoms with Crippen molar-refractivity contribution in [3.8, 4) is 0 Å². The van der Waals surface area contributed by atoms with Gasteiger partial charge < -0.3 is 5.32 Å². The van der Waals surface area contributed by atoms with Crippen LogP contribution in [0.15, 0.2) is 42.5 Å². The normalized spacial score (nSPS) is 20.1. The number of rotatable bonds is 2. The average molecular weight is 365 g/mol. The fraction of sp³-hybridized carbons (Fsp3) is 0.235. The van der Waals surface area contributed by atoms with Gasteiger partial charge in [0.1, 0.15) is 0 Å². The molecule has 0 aromatic heterocycles. The maximum atomic E-state index is 12.4. The lowest BCUT2D eigenvalue weighted by atomic mass is 10.1. The Balaban J connectivity index is 1.83. The van der Waals surface area contributed by atoms with Gasteiger partial charge in [-0.1, -0.05) is 51.8 Å². The second kappa shape index (κ2) is 5.82. The Kier molecular flexibility index (Phi) is 4.05. The van der Waals surface area contributed by atoms with E-state index in [1.54, 1.807) is 12.1 Å². The quantitative estimate of drug-likeness (QED) is 0.784. The highest BCUT2D eigenvalue weighted by molar-refractivity contribution is 9.09. The van der Waals surface area contributed by atoms with Crippen molar-refractivity contribution in [3.05, 3.63) is 69.7 Å². The Labute approximate surface area is 137 Å². The second-order valence-corrected chi connectivity index (χ2v) is 6.92. The fourth-order valence-corrected chi connectivity index (χ4v) is 3.61. The van der Waals surface area contributed by atoms with E-state index in [9.17, 15) is 4.79 Å². The van der Waals surface area contributed by atoms with E-state index < -0.39 is 0 Å². The van der Waals surface area contributed by atoms with Crippen molar-refractivity contribution < 1.29 is 4.79 Å². The van der Waals surface area contributed by atoms with Gasteiger partial charge in [0, 0.05) is 15.4 Å². The molecule has 4 heteroatoms. The van der Waals surface area contributed by atoms with Crippen molar-refractivity contribution in [3.63, 3.8) is 0 Å². The largest absolute Gasteiger partial charge is 0.344 e. The molecule has 0 heterocycles. The SMILES string of the molecule is Cc1cc(C(=O)NC2c3ccccc3CC2Br)ccc1Cl. The number of hydrogen-bond acceptors (Lipinski definition) is 1. The Morgan fingerprint density at radius 1 is 1.29 bits per heavy atom. The number of halogens is 2. The van der Waals surface area contributed by atoms with Gasteiger partial charge >= 0.3 is 0 Å². The van der Waals surface area contributed by atoms with Crippen LogP contribution in [0.4, 0.5) is 0 Å². The number of carbonyl (C=O) groups excluding carboxylic acids is 1. The molecule has 0 bridgehead atoms. The first-order valence-corrected chi connectivity index (χ1v) is 8.14. The summed E-state index contributed by atoms with van der Waals surface area (Å²) in [5.74, 6) is -0.0686. The predicted molar refractivity (Wildman–Crippen MR) is 89.3 cm³/mol. The van der Waals surface area contributed by atoms with Gasteiger partial charge in [-0.3, -0.25) is 4.79 Å². The van der Waals surface area contributed by atoms with Crippen LogP contribution in [0, 0.1) is 6.92 Å². The van der Waals surface area contributed by atoms with Crippen molar-refractivity contribution in [1.29, 1.82) is 0 Å². The average Bonchev–Trinajstić information content (AvgIpc) is 2.78. The molecule has 2 nitrogen and oxygen atoms in total. The minimum atomic E-state index is -0.0686. The van der Waals surface area contributed by atoms with Gasteiger partial charge in [0.15, 0.2) is 0 Å². The maximum Gasteiger partial charge on any atom is 0.251 e. The van der Waals surface area contributed by atoms with Crippen LogP contribution in [-0.2, 0) is 6.42 Å². The summed E-state index contributed by atoms with van der Waals surface area (Å²) in [7, 11) is 0. The van der Waals surface area contributed by atoms with Crippen molar-refractivity contribution in [2.75, 3.05) is 0 Å². The first-order chi connectivity index (χ1) is 10.1. The molecule has 3 rings (SSSR count). The summed E-state index contributed by atoms with van der Waals surface area (Å²) < 4.78 is 0. The number of benzene rings is 2. The molecule has 1 amide bonds. The highest BCUT2D eigenvalue weighted by Crippen LogP contribution is 2.35. The Morgan fingerprint density at radius 2 is 2.05 bits per heavy atom. The number of hydrogen-bond donors (Lipinski definition) is 1. The van der Waals surface area contributed by atoms with Gasteiger partial charge in [-0.05, 0) is 48.2 Å². The van der Waals surface area contributed by atoms with Gasteiger partial charge in [-0.25, -0.2) is 0 Å². The summed E-state index contributed by atoms with van der Waals surface area (Å²) in [5.41, 5.74) is 4.03. The van der Waals surface area contributed by atoms with E-state index in [2.05, 4.69) is 33.4 Å². The molecule has 0 spiro atoms. The van der Waals surface area contributed by atoms with Crippen molar-refractivity contribution in [2.45, 2.75) is 24.2 Å². The first-order valence-electron chi connectivity index (χ1n) is 6.85. The van der Waals surface area contributed by atoms with Crippen LogP contribution in [0.3, 0.4) is 0 Å². The Hall–Kier alpha value is -1.32. The summed E-state index contributed by atoms with van der Waals surface area (Å²) in [6.07, 6.45) is 0.931. The third-order valence-corrected chi connectivity index (χ3v) is 5.15. The highest BCUT2D eigenvalue weighted by atomic mass is 79.9. The van der Waals surface area contributed by atoms with E-state index >= 15 is 0 Å². The van der Waals surface area contributed by atoms with Crippen LogP contribution in [0.1, 0.15) is 33.1 Å². The molecule has 2 aromatic carbocycles. The second-order valence-electron chi connectivity index (χ2n) is 5.33. The van der Waals surface area contributed by atoms with Gasteiger partial charge in [-0.2, -0.15) is 0 Å². The van der Waals surface area contributed by atoms with Crippen molar-refractivity contribution in [2.24, 2.45) is 0 Å². The molecule has 2 aromatic rings. The molecule has 1 aliphatic rings. The highest BCUT2D eigenvalue weighted by Gasteiger charge is 2.31. The third kappa shape index (κ3) is 2.85. The first kappa shape index (κ1) is 14.6. The van der Waals surface area contributed by atoms with E-state index in [1.165, 1.54) is 11.1 Å². The lowest BCUT2D eigenvalue weighted by Crippen LogP contribution is -2.31. The van der Waals surface area contributed by atoms with Gasteiger partial charge in [0.05, 0.1) is 6.04 Å². The van der Waals surface area contributed by atoms with Crippen molar-refractivity contribution >= 4 is 33.4 Å². The zero-order valence-electron chi connectivity index (χ0n) is 11.6. The fourth-order valence-electron chi connectivity index (χ4n) is 2.72. The molecule has 0 fully saturated rings. The number of fused-ring (bicyclic) bond motifs is 1. The molecular weight excluding hydrogens is 350 g/mol. The van der Waals surface area contributed by atoms with Crippen LogP contribution in [0.2, 0.25) is 5.02 Å². The summed E-state index contributed by atoms with van der Waals surface area (Å²) in [6, 6.07) is 13.6. The number of alkyl halides is 1. The van der Waals surface area contributed by atoms with Crippen LogP contribution in [0.5, 0.6) is 0 Å². The van der Waals surface area contributed by atoms with Crippen LogP contribution in [0.25, 0.3) is 0 Å². The zero-order chi connectivity index (χ0) is 15.0. The number of carbonyl (C=O) groups is 1. The Bertz CT molecular complexity index is 701. The van der Waals surface area contributed by atoms with E-state index in [1.807, 2.05) is 25.1 Å². The van der Waals surface area contributed by atoms with Crippen LogP contribution < -0.4 is 5.32 Å². The number of amides is 1. The molecule has 108 valence electrons. The number of nitrogens with one attached hydrogen (secondary N) is 1. The van der Waals surface area contributed by atoms with Crippen LogP contribution >= 0.6 is 27.5 Å². The van der Waals surface area contributed by atoms with E-state index in [0.29, 0.717) is 10.6 Å². The lowest BCUT2D eigenvalue weighted by Gasteiger charge is -2.18.